The molecule has 0 aliphatic carbocycles. The molecular formula is C13H11Cl2N3O2. The van der Waals surface area contributed by atoms with Gasteiger partial charge in [0.15, 0.2) is 0 Å². The highest BCUT2D eigenvalue weighted by molar-refractivity contribution is 6.39. The fraction of sp³-hybridized carbons (Fsp3) is 0.0769. The van der Waals surface area contributed by atoms with E-state index in [1.54, 1.807) is 12.1 Å². The van der Waals surface area contributed by atoms with E-state index < -0.39 is 0 Å². The third kappa shape index (κ3) is 3.31. The molecule has 104 valence electrons. The molecule has 3 N–H and O–H groups in total. The average molecular weight is 312 g/mol. The van der Waals surface area contributed by atoms with Gasteiger partial charge in [-0.25, -0.2) is 0 Å². The average Bonchev–Trinajstić information content (AvgIpc) is 2.38. The van der Waals surface area contributed by atoms with Gasteiger partial charge in [-0.2, -0.15) is 0 Å². The third-order valence-electron chi connectivity index (χ3n) is 2.58. The molecule has 0 saturated heterocycles. The number of hydrogen-bond donors (Lipinski definition) is 2. The van der Waals surface area contributed by atoms with Gasteiger partial charge in [-0.1, -0.05) is 29.3 Å². The second-order valence-corrected chi connectivity index (χ2v) is 4.88. The molecule has 20 heavy (non-hydrogen) atoms. The molecule has 5 nitrogen and oxygen atoms in total. The van der Waals surface area contributed by atoms with Crippen molar-refractivity contribution in [1.82, 2.24) is 4.57 Å². The van der Waals surface area contributed by atoms with Crippen molar-refractivity contribution >= 4 is 40.5 Å². The molecule has 1 heterocycles. The molecule has 7 heteroatoms. The zero-order valence-corrected chi connectivity index (χ0v) is 11.8. The summed E-state index contributed by atoms with van der Waals surface area (Å²) in [4.78, 5) is 23.3. The molecule has 0 bridgehead atoms. The van der Waals surface area contributed by atoms with Gasteiger partial charge in [0.05, 0.1) is 15.7 Å². The molecule has 1 amide bonds. The first-order valence-corrected chi connectivity index (χ1v) is 6.43. The molecular weight excluding hydrogens is 301 g/mol. The van der Waals surface area contributed by atoms with Crippen LogP contribution in [0.15, 0.2) is 41.3 Å². The van der Waals surface area contributed by atoms with Crippen LogP contribution in [0.25, 0.3) is 0 Å². The summed E-state index contributed by atoms with van der Waals surface area (Å²) in [5.74, 6) is -0.366. The topological polar surface area (TPSA) is 77.1 Å². The standard InChI is InChI=1S/C13H11Cl2N3O2/c14-9-5-8(6-10(15)13(9)16)17-11(19)7-18-4-2-1-3-12(18)20/h1-6H,7,16H2,(H,17,19). The summed E-state index contributed by atoms with van der Waals surface area (Å²) >= 11 is 11.7. The Morgan fingerprint density at radius 2 is 1.90 bits per heavy atom. The highest BCUT2D eigenvalue weighted by Gasteiger charge is 2.08. The van der Waals surface area contributed by atoms with Crippen LogP contribution in [0.5, 0.6) is 0 Å². The zero-order valence-electron chi connectivity index (χ0n) is 10.3. The quantitative estimate of drug-likeness (QED) is 0.854. The van der Waals surface area contributed by atoms with Gasteiger partial charge in [0, 0.05) is 18.0 Å². The lowest BCUT2D eigenvalue weighted by atomic mass is 10.3. The number of nitrogens with two attached hydrogens (primary N) is 1. The SMILES string of the molecule is Nc1c(Cl)cc(NC(=O)Cn2ccccc2=O)cc1Cl. The van der Waals surface area contributed by atoms with E-state index in [1.165, 1.54) is 29.0 Å². The first kappa shape index (κ1) is 14.4. The molecule has 2 aromatic rings. The van der Waals surface area contributed by atoms with E-state index in [0.717, 1.165) is 0 Å². The van der Waals surface area contributed by atoms with Crippen LogP contribution in [-0.4, -0.2) is 10.5 Å². The Kier molecular flexibility index (Phi) is 4.32. The minimum absolute atomic E-state index is 0.0979. The minimum Gasteiger partial charge on any atom is -0.396 e. The van der Waals surface area contributed by atoms with Crippen molar-refractivity contribution in [2.24, 2.45) is 0 Å². The molecule has 0 radical (unpaired) electrons. The van der Waals surface area contributed by atoms with Crippen molar-refractivity contribution in [3.63, 3.8) is 0 Å². The molecule has 0 atom stereocenters. The maximum Gasteiger partial charge on any atom is 0.250 e. The second-order valence-electron chi connectivity index (χ2n) is 4.07. The first-order valence-electron chi connectivity index (χ1n) is 5.67. The van der Waals surface area contributed by atoms with Gasteiger partial charge >= 0.3 is 0 Å². The number of nitrogen functional groups attached to an aromatic ring is 1. The Labute approximate surface area is 124 Å². The number of carbonyl (C=O) groups excluding carboxylic acids is 1. The van der Waals surface area contributed by atoms with Crippen molar-refractivity contribution in [2.45, 2.75) is 6.54 Å². The number of halogens is 2. The molecule has 0 aliphatic rings. The molecule has 2 rings (SSSR count). The van der Waals surface area contributed by atoms with E-state index in [0.29, 0.717) is 5.69 Å². The van der Waals surface area contributed by atoms with Gasteiger partial charge in [-0.3, -0.25) is 9.59 Å². The molecule has 0 fully saturated rings. The monoisotopic (exact) mass is 311 g/mol. The first-order chi connectivity index (χ1) is 9.47. The van der Waals surface area contributed by atoms with Gasteiger partial charge < -0.3 is 15.6 Å². The summed E-state index contributed by atoms with van der Waals surface area (Å²) in [5.41, 5.74) is 6.02. The van der Waals surface area contributed by atoms with Crippen molar-refractivity contribution in [3.05, 3.63) is 56.9 Å². The number of hydrogen-bond acceptors (Lipinski definition) is 3. The molecule has 0 aliphatic heterocycles. The Morgan fingerprint density at radius 3 is 2.50 bits per heavy atom. The fourth-order valence-electron chi connectivity index (χ4n) is 1.60. The predicted octanol–water partition coefficient (Wildman–Crippen LogP) is 2.38. The second kappa shape index (κ2) is 5.98. The summed E-state index contributed by atoms with van der Waals surface area (Å²) in [7, 11) is 0. The number of carbonyl (C=O) groups is 1. The number of nitrogens with one attached hydrogen (secondary N) is 1. The molecule has 0 spiro atoms. The van der Waals surface area contributed by atoms with Crippen molar-refractivity contribution < 1.29 is 4.79 Å². The smallest absolute Gasteiger partial charge is 0.250 e. The highest BCUT2D eigenvalue weighted by Crippen LogP contribution is 2.31. The summed E-state index contributed by atoms with van der Waals surface area (Å²) in [6, 6.07) is 7.65. The maximum absolute atomic E-state index is 11.9. The van der Waals surface area contributed by atoms with Gasteiger partial charge in [0.1, 0.15) is 6.54 Å². The van der Waals surface area contributed by atoms with Crippen molar-refractivity contribution in [1.29, 1.82) is 0 Å². The Morgan fingerprint density at radius 1 is 1.25 bits per heavy atom. The van der Waals surface area contributed by atoms with Crippen LogP contribution in [0.3, 0.4) is 0 Å². The molecule has 0 saturated carbocycles. The van der Waals surface area contributed by atoms with E-state index in [1.807, 2.05) is 0 Å². The summed E-state index contributed by atoms with van der Waals surface area (Å²) in [6.45, 7) is -0.0979. The Balaban J connectivity index is 2.13. The third-order valence-corrected chi connectivity index (χ3v) is 3.20. The largest absolute Gasteiger partial charge is 0.396 e. The number of nitrogens with zero attached hydrogens (tertiary/aromatic N) is 1. The minimum atomic E-state index is -0.366. The Hall–Kier alpha value is -1.98. The van der Waals surface area contributed by atoms with E-state index in [2.05, 4.69) is 5.32 Å². The van der Waals surface area contributed by atoms with Gasteiger partial charge in [0.25, 0.3) is 5.56 Å². The van der Waals surface area contributed by atoms with Crippen LogP contribution in [0.1, 0.15) is 0 Å². The van der Waals surface area contributed by atoms with Crippen LogP contribution in [0, 0.1) is 0 Å². The van der Waals surface area contributed by atoms with E-state index in [9.17, 15) is 9.59 Å². The number of anilines is 2. The van der Waals surface area contributed by atoms with E-state index in [4.69, 9.17) is 28.9 Å². The van der Waals surface area contributed by atoms with Crippen molar-refractivity contribution in [3.8, 4) is 0 Å². The number of pyridine rings is 1. The molecule has 1 aromatic carbocycles. The van der Waals surface area contributed by atoms with Crippen LogP contribution in [0.2, 0.25) is 10.0 Å². The van der Waals surface area contributed by atoms with Crippen LogP contribution < -0.4 is 16.6 Å². The Bertz CT molecular complexity index is 690. The van der Waals surface area contributed by atoms with Crippen LogP contribution >= 0.6 is 23.2 Å². The fourth-order valence-corrected chi connectivity index (χ4v) is 2.09. The van der Waals surface area contributed by atoms with Crippen LogP contribution in [-0.2, 0) is 11.3 Å². The lowest BCUT2D eigenvalue weighted by molar-refractivity contribution is -0.116. The van der Waals surface area contributed by atoms with Crippen molar-refractivity contribution in [2.75, 3.05) is 11.1 Å². The molecule has 0 unspecified atom stereocenters. The number of aromatic nitrogens is 1. The summed E-state index contributed by atoms with van der Waals surface area (Å²) in [5, 5.41) is 3.11. The lowest BCUT2D eigenvalue weighted by Crippen LogP contribution is -2.26. The van der Waals surface area contributed by atoms with Gasteiger partial charge in [0.2, 0.25) is 5.91 Å². The van der Waals surface area contributed by atoms with E-state index >= 15 is 0 Å². The van der Waals surface area contributed by atoms with Gasteiger partial charge in [-0.15, -0.1) is 0 Å². The van der Waals surface area contributed by atoms with E-state index in [-0.39, 0.29) is 33.7 Å². The lowest BCUT2D eigenvalue weighted by Gasteiger charge is -2.09. The zero-order chi connectivity index (χ0) is 14.7. The maximum atomic E-state index is 11.9. The highest BCUT2D eigenvalue weighted by atomic mass is 35.5. The normalized spacial score (nSPS) is 10.3. The molecule has 1 aromatic heterocycles. The number of rotatable bonds is 3. The van der Waals surface area contributed by atoms with Crippen LogP contribution in [0.4, 0.5) is 11.4 Å². The van der Waals surface area contributed by atoms with Gasteiger partial charge in [-0.05, 0) is 18.2 Å². The number of benzene rings is 1. The predicted molar refractivity (Wildman–Crippen MR) is 80.2 cm³/mol. The number of amides is 1. The summed E-state index contributed by atoms with van der Waals surface area (Å²) in [6.07, 6.45) is 1.53. The summed E-state index contributed by atoms with van der Waals surface area (Å²) < 4.78 is 1.29.